The van der Waals surface area contributed by atoms with Gasteiger partial charge in [0.1, 0.15) is 0 Å². The van der Waals surface area contributed by atoms with E-state index >= 15 is 0 Å². The van der Waals surface area contributed by atoms with Crippen molar-refractivity contribution in [2.45, 2.75) is 20.4 Å². The van der Waals surface area contributed by atoms with Crippen LogP contribution in [0.4, 0.5) is 5.69 Å². The summed E-state index contributed by atoms with van der Waals surface area (Å²) in [6.07, 6.45) is 0. The number of esters is 1. The predicted octanol–water partition coefficient (Wildman–Crippen LogP) is 4.55. The lowest BCUT2D eigenvalue weighted by molar-refractivity contribution is 0.0526. The van der Waals surface area contributed by atoms with Crippen molar-refractivity contribution in [3.63, 3.8) is 0 Å². The summed E-state index contributed by atoms with van der Waals surface area (Å²) in [6.45, 7) is 4.96. The molecule has 0 radical (unpaired) electrons. The molecule has 4 heteroatoms. The molecular weight excluding hydrogens is 330 g/mol. The lowest BCUT2D eigenvalue weighted by Gasteiger charge is -2.09. The van der Waals surface area contributed by atoms with Crippen molar-refractivity contribution in [3.05, 3.63) is 63.6 Å². The number of carbonyl (C=O) groups excluding carboxylic acids is 1. The van der Waals surface area contributed by atoms with E-state index < -0.39 is 0 Å². The second-order valence-electron chi connectivity index (χ2n) is 4.74. The minimum atomic E-state index is -0.291. The van der Waals surface area contributed by atoms with Gasteiger partial charge in [-0.25, -0.2) is 4.79 Å². The van der Waals surface area contributed by atoms with Gasteiger partial charge in [0.2, 0.25) is 0 Å². The highest BCUT2D eigenvalue weighted by molar-refractivity contribution is 9.10. The maximum Gasteiger partial charge on any atom is 0.338 e. The van der Waals surface area contributed by atoms with E-state index in [-0.39, 0.29) is 5.97 Å². The molecule has 3 nitrogen and oxygen atoms in total. The fourth-order valence-electron chi connectivity index (χ4n) is 1.99. The zero-order valence-electron chi connectivity index (χ0n) is 12.2. The van der Waals surface area contributed by atoms with Gasteiger partial charge in [0, 0.05) is 16.7 Å². The summed E-state index contributed by atoms with van der Waals surface area (Å²) in [6, 6.07) is 13.6. The molecule has 0 aliphatic heterocycles. The number of carbonyl (C=O) groups is 1. The van der Waals surface area contributed by atoms with Crippen molar-refractivity contribution in [3.8, 4) is 0 Å². The Bertz CT molecular complexity index is 640. The van der Waals surface area contributed by atoms with Crippen molar-refractivity contribution >= 4 is 27.6 Å². The van der Waals surface area contributed by atoms with Gasteiger partial charge < -0.3 is 10.1 Å². The van der Waals surface area contributed by atoms with Crippen molar-refractivity contribution in [2.75, 3.05) is 11.9 Å². The number of anilines is 1. The minimum absolute atomic E-state index is 0.291. The number of ether oxygens (including phenoxy) is 1. The Morgan fingerprint density at radius 1 is 1.24 bits per heavy atom. The van der Waals surface area contributed by atoms with Crippen molar-refractivity contribution < 1.29 is 9.53 Å². The van der Waals surface area contributed by atoms with Crippen LogP contribution in [0.15, 0.2) is 46.9 Å². The van der Waals surface area contributed by atoms with Crippen LogP contribution in [0, 0.1) is 6.92 Å². The van der Waals surface area contributed by atoms with E-state index in [0.29, 0.717) is 18.7 Å². The molecule has 0 aromatic heterocycles. The van der Waals surface area contributed by atoms with Crippen LogP contribution in [-0.2, 0) is 11.3 Å². The van der Waals surface area contributed by atoms with E-state index in [2.05, 4.69) is 40.3 Å². The van der Waals surface area contributed by atoms with Crippen molar-refractivity contribution in [2.24, 2.45) is 0 Å². The third-order valence-corrected chi connectivity index (χ3v) is 3.98. The second kappa shape index (κ2) is 7.27. The smallest absolute Gasteiger partial charge is 0.338 e. The molecule has 110 valence electrons. The number of hydrogen-bond acceptors (Lipinski definition) is 3. The molecular formula is C17H18BrNO2. The fraction of sp³-hybridized carbons (Fsp3) is 0.235. The highest BCUT2D eigenvalue weighted by atomic mass is 79.9. The van der Waals surface area contributed by atoms with E-state index in [0.717, 1.165) is 10.2 Å². The number of hydrogen-bond donors (Lipinski definition) is 1. The van der Waals surface area contributed by atoms with Gasteiger partial charge in [0.25, 0.3) is 0 Å². The van der Waals surface area contributed by atoms with Gasteiger partial charge in [-0.05, 0) is 49.2 Å². The molecule has 0 spiro atoms. The largest absolute Gasteiger partial charge is 0.462 e. The quantitative estimate of drug-likeness (QED) is 0.806. The zero-order chi connectivity index (χ0) is 15.2. The van der Waals surface area contributed by atoms with Crippen LogP contribution in [0.3, 0.4) is 0 Å². The van der Waals surface area contributed by atoms with E-state index in [1.807, 2.05) is 24.3 Å². The van der Waals surface area contributed by atoms with E-state index in [4.69, 9.17) is 4.74 Å². The molecule has 0 atom stereocenters. The summed E-state index contributed by atoms with van der Waals surface area (Å²) in [7, 11) is 0. The normalized spacial score (nSPS) is 10.2. The summed E-state index contributed by atoms with van der Waals surface area (Å²) in [5.74, 6) is -0.291. The first-order valence-electron chi connectivity index (χ1n) is 6.86. The first-order valence-corrected chi connectivity index (χ1v) is 7.65. The molecule has 0 bridgehead atoms. The third kappa shape index (κ3) is 4.33. The Morgan fingerprint density at radius 2 is 2.05 bits per heavy atom. The van der Waals surface area contributed by atoms with Crippen LogP contribution < -0.4 is 5.32 Å². The molecule has 0 fully saturated rings. The summed E-state index contributed by atoms with van der Waals surface area (Å²) in [5.41, 5.74) is 3.86. The molecule has 0 aliphatic carbocycles. The molecule has 0 aliphatic rings. The average molecular weight is 348 g/mol. The van der Waals surface area contributed by atoms with Crippen LogP contribution in [-0.4, -0.2) is 12.6 Å². The Balaban J connectivity index is 2.04. The zero-order valence-corrected chi connectivity index (χ0v) is 13.7. The summed E-state index contributed by atoms with van der Waals surface area (Å²) >= 11 is 3.49. The Morgan fingerprint density at radius 3 is 2.76 bits per heavy atom. The number of aryl methyl sites for hydroxylation is 1. The molecule has 2 rings (SSSR count). The molecule has 0 amide bonds. The Hall–Kier alpha value is -1.81. The lowest BCUT2D eigenvalue weighted by atomic mass is 10.1. The van der Waals surface area contributed by atoms with Gasteiger partial charge in [-0.2, -0.15) is 0 Å². The molecule has 0 unspecified atom stereocenters. The van der Waals surface area contributed by atoms with Crippen molar-refractivity contribution in [1.82, 2.24) is 0 Å². The van der Waals surface area contributed by atoms with Crippen molar-refractivity contribution in [1.29, 1.82) is 0 Å². The first-order chi connectivity index (χ1) is 10.1. The Kier molecular flexibility index (Phi) is 5.39. The maximum absolute atomic E-state index is 11.7. The minimum Gasteiger partial charge on any atom is -0.462 e. The van der Waals surface area contributed by atoms with Crippen LogP contribution in [0.25, 0.3) is 0 Å². The SMILES string of the molecule is CCOC(=O)c1cccc(NCc2ccc(Br)c(C)c2)c1. The highest BCUT2D eigenvalue weighted by Crippen LogP contribution is 2.18. The molecule has 2 aromatic carbocycles. The molecule has 21 heavy (non-hydrogen) atoms. The van der Waals surface area contributed by atoms with Crippen LogP contribution in [0.5, 0.6) is 0 Å². The van der Waals surface area contributed by atoms with Gasteiger partial charge in [-0.3, -0.25) is 0 Å². The standard InChI is InChI=1S/C17H18BrNO2/c1-3-21-17(20)14-5-4-6-15(10-14)19-11-13-7-8-16(18)12(2)9-13/h4-10,19H,3,11H2,1-2H3. The van der Waals surface area contributed by atoms with Gasteiger partial charge >= 0.3 is 5.97 Å². The van der Waals surface area contributed by atoms with Gasteiger partial charge in [-0.15, -0.1) is 0 Å². The molecule has 0 saturated heterocycles. The maximum atomic E-state index is 11.7. The van der Waals surface area contributed by atoms with Gasteiger partial charge in [0.15, 0.2) is 0 Å². The predicted molar refractivity (Wildman–Crippen MR) is 88.6 cm³/mol. The summed E-state index contributed by atoms with van der Waals surface area (Å²) < 4.78 is 6.11. The molecule has 1 N–H and O–H groups in total. The van der Waals surface area contributed by atoms with E-state index in [9.17, 15) is 4.79 Å². The number of benzene rings is 2. The van der Waals surface area contributed by atoms with Crippen LogP contribution in [0.1, 0.15) is 28.4 Å². The van der Waals surface area contributed by atoms with E-state index in [1.165, 1.54) is 11.1 Å². The third-order valence-electron chi connectivity index (χ3n) is 3.09. The summed E-state index contributed by atoms with van der Waals surface area (Å²) in [4.78, 5) is 11.7. The lowest BCUT2D eigenvalue weighted by Crippen LogP contribution is -2.06. The van der Waals surface area contributed by atoms with Crippen LogP contribution >= 0.6 is 15.9 Å². The average Bonchev–Trinajstić information content (AvgIpc) is 2.49. The highest BCUT2D eigenvalue weighted by Gasteiger charge is 2.06. The number of rotatable bonds is 5. The molecule has 0 heterocycles. The second-order valence-corrected chi connectivity index (χ2v) is 5.59. The molecule has 0 saturated carbocycles. The topological polar surface area (TPSA) is 38.3 Å². The van der Waals surface area contributed by atoms with Gasteiger partial charge in [-0.1, -0.05) is 34.1 Å². The number of halogens is 1. The molecule has 2 aromatic rings. The van der Waals surface area contributed by atoms with Crippen LogP contribution in [0.2, 0.25) is 0 Å². The first kappa shape index (κ1) is 15.6. The van der Waals surface area contributed by atoms with Gasteiger partial charge in [0.05, 0.1) is 12.2 Å². The number of nitrogens with one attached hydrogen (secondary N) is 1. The monoisotopic (exact) mass is 347 g/mol. The fourth-order valence-corrected chi connectivity index (χ4v) is 2.24. The summed E-state index contributed by atoms with van der Waals surface area (Å²) in [5, 5.41) is 3.32. The van der Waals surface area contributed by atoms with E-state index in [1.54, 1.807) is 13.0 Å². The Labute approximate surface area is 133 Å².